The highest BCUT2D eigenvalue weighted by molar-refractivity contribution is 7.99. The maximum Gasteiger partial charge on any atom is 0.303 e. The summed E-state index contributed by atoms with van der Waals surface area (Å²) in [5.74, 6) is -0.337. The number of carbonyl (C=O) groups excluding carboxylic acids is 1. The summed E-state index contributed by atoms with van der Waals surface area (Å²) >= 11 is 1.66. The van der Waals surface area contributed by atoms with Crippen LogP contribution in [0.5, 0.6) is 0 Å². The highest BCUT2D eigenvalue weighted by Crippen LogP contribution is 2.40. The summed E-state index contributed by atoms with van der Waals surface area (Å²) in [5, 5.41) is 22.1. The van der Waals surface area contributed by atoms with Crippen LogP contribution in [0.4, 0.5) is 0 Å². The number of pyridine rings is 1. The Morgan fingerprint density at radius 3 is 2.41 bits per heavy atom. The minimum Gasteiger partial charge on any atom is -0.481 e. The smallest absolute Gasteiger partial charge is 0.303 e. The zero-order valence-corrected chi connectivity index (χ0v) is 25.1. The van der Waals surface area contributed by atoms with Crippen molar-refractivity contribution < 1.29 is 29.3 Å². The fraction of sp³-hybridized carbons (Fsp3) is 0.286. The van der Waals surface area contributed by atoms with E-state index in [0.717, 1.165) is 44.2 Å². The molecule has 228 valence electrons. The molecule has 3 unspecified atom stereocenters. The van der Waals surface area contributed by atoms with Crippen LogP contribution in [0.2, 0.25) is 0 Å². The Bertz CT molecular complexity index is 1530. The number of carbonyl (C=O) groups is 2. The number of carboxylic acid groups (broad SMARTS) is 1. The first-order valence-corrected chi connectivity index (χ1v) is 15.7. The summed E-state index contributed by atoms with van der Waals surface area (Å²) in [6.45, 7) is 0.356. The largest absolute Gasteiger partial charge is 0.481 e. The molecule has 0 saturated carbocycles. The number of aromatic nitrogens is 1. The molecule has 3 atom stereocenters. The van der Waals surface area contributed by atoms with Crippen molar-refractivity contribution in [3.8, 4) is 11.1 Å². The van der Waals surface area contributed by atoms with Crippen molar-refractivity contribution in [1.29, 1.82) is 0 Å². The van der Waals surface area contributed by atoms with Gasteiger partial charge in [0, 0.05) is 43.3 Å². The quantitative estimate of drug-likeness (QED) is 0.148. The van der Waals surface area contributed by atoms with Crippen LogP contribution in [0.3, 0.4) is 0 Å². The molecule has 1 amide bonds. The summed E-state index contributed by atoms with van der Waals surface area (Å²) in [7, 11) is 0. The van der Waals surface area contributed by atoms with Crippen molar-refractivity contribution in [3.05, 3.63) is 119 Å². The van der Waals surface area contributed by atoms with Gasteiger partial charge < -0.3 is 25.0 Å². The maximum atomic E-state index is 12.1. The first-order valence-electron chi connectivity index (χ1n) is 14.7. The monoisotopic (exact) mass is 612 g/mol. The number of nitrogens with zero attached hydrogens (tertiary/aromatic N) is 1. The second kappa shape index (κ2) is 15.6. The third-order valence-corrected chi connectivity index (χ3v) is 8.45. The van der Waals surface area contributed by atoms with E-state index in [1.807, 2.05) is 84.9 Å². The van der Waals surface area contributed by atoms with Crippen molar-refractivity contribution >= 4 is 23.6 Å². The van der Waals surface area contributed by atoms with Gasteiger partial charge in [0.05, 0.1) is 23.8 Å². The van der Waals surface area contributed by atoms with Crippen molar-refractivity contribution in [1.82, 2.24) is 10.3 Å². The molecule has 0 bridgehead atoms. The minimum absolute atomic E-state index is 0.00592. The Kier molecular flexibility index (Phi) is 11.2. The molecule has 1 aliphatic heterocycles. The van der Waals surface area contributed by atoms with E-state index in [1.165, 1.54) is 0 Å². The Morgan fingerprint density at radius 1 is 0.864 bits per heavy atom. The Balaban J connectivity index is 1.30. The van der Waals surface area contributed by atoms with Crippen LogP contribution in [0.15, 0.2) is 102 Å². The molecule has 44 heavy (non-hydrogen) atoms. The third kappa shape index (κ3) is 9.00. The maximum absolute atomic E-state index is 12.1. The molecule has 1 fully saturated rings. The van der Waals surface area contributed by atoms with E-state index in [2.05, 4.69) is 16.4 Å². The predicted molar refractivity (Wildman–Crippen MR) is 169 cm³/mol. The van der Waals surface area contributed by atoms with Crippen molar-refractivity contribution in [2.75, 3.05) is 5.75 Å². The van der Waals surface area contributed by atoms with Gasteiger partial charge in [0.15, 0.2) is 6.29 Å². The van der Waals surface area contributed by atoms with Gasteiger partial charge in [-0.15, -0.1) is 11.8 Å². The van der Waals surface area contributed by atoms with Gasteiger partial charge in [-0.3, -0.25) is 9.59 Å². The van der Waals surface area contributed by atoms with Gasteiger partial charge in [-0.1, -0.05) is 66.7 Å². The Morgan fingerprint density at radius 2 is 1.66 bits per heavy atom. The van der Waals surface area contributed by atoms with E-state index in [9.17, 15) is 14.7 Å². The number of carboxylic acids is 1. The van der Waals surface area contributed by atoms with E-state index < -0.39 is 12.3 Å². The van der Waals surface area contributed by atoms with E-state index in [-0.39, 0.29) is 37.6 Å². The number of hydrogen-bond donors (Lipinski definition) is 3. The number of benzene rings is 3. The summed E-state index contributed by atoms with van der Waals surface area (Å²) < 4.78 is 13.1. The summed E-state index contributed by atoms with van der Waals surface area (Å²) in [6, 6.07) is 29.8. The molecule has 1 saturated heterocycles. The topological polar surface area (TPSA) is 118 Å². The zero-order valence-electron chi connectivity index (χ0n) is 24.3. The van der Waals surface area contributed by atoms with Crippen LogP contribution >= 0.6 is 11.8 Å². The third-order valence-electron chi connectivity index (χ3n) is 7.37. The lowest BCUT2D eigenvalue weighted by atomic mass is 9.99. The number of ether oxygens (including phenoxy) is 2. The number of thioether (sulfide) groups is 1. The lowest BCUT2D eigenvalue weighted by Gasteiger charge is -2.36. The lowest BCUT2D eigenvalue weighted by molar-refractivity contribution is -0.245. The number of nitrogens with one attached hydrogen (secondary N) is 1. The molecule has 2 heterocycles. The molecule has 0 radical (unpaired) electrons. The second-order valence-corrected chi connectivity index (χ2v) is 11.7. The fourth-order valence-electron chi connectivity index (χ4n) is 5.05. The lowest BCUT2D eigenvalue weighted by Crippen LogP contribution is -2.31. The molecule has 8 nitrogen and oxygen atoms in total. The molecule has 9 heteroatoms. The first-order chi connectivity index (χ1) is 21.5. The van der Waals surface area contributed by atoms with Crippen molar-refractivity contribution in [3.63, 3.8) is 0 Å². The summed E-state index contributed by atoms with van der Waals surface area (Å²) in [6.07, 6.45) is 2.14. The highest BCUT2D eigenvalue weighted by Gasteiger charge is 2.32. The molecule has 3 N–H and O–H groups in total. The van der Waals surface area contributed by atoms with Gasteiger partial charge in [0.1, 0.15) is 0 Å². The second-order valence-electron chi connectivity index (χ2n) is 10.7. The molecule has 5 rings (SSSR count). The van der Waals surface area contributed by atoms with Gasteiger partial charge in [-0.25, -0.2) is 4.98 Å². The average molecular weight is 613 g/mol. The summed E-state index contributed by atoms with van der Waals surface area (Å²) in [4.78, 5) is 27.3. The van der Waals surface area contributed by atoms with Crippen LogP contribution in [-0.2, 0) is 32.2 Å². The summed E-state index contributed by atoms with van der Waals surface area (Å²) in [5.41, 5.74) is 5.74. The number of amides is 1. The molecule has 4 aromatic rings. The van der Waals surface area contributed by atoms with Crippen LogP contribution in [0.1, 0.15) is 60.3 Å². The van der Waals surface area contributed by atoms with Gasteiger partial charge in [0.2, 0.25) is 5.91 Å². The number of hydrogen-bond acceptors (Lipinski definition) is 7. The number of rotatable bonds is 13. The molecule has 0 aliphatic carbocycles. The first kappa shape index (κ1) is 31.4. The molecule has 1 aromatic heterocycles. The highest BCUT2D eigenvalue weighted by atomic mass is 32.2. The van der Waals surface area contributed by atoms with Gasteiger partial charge >= 0.3 is 5.97 Å². The van der Waals surface area contributed by atoms with Gasteiger partial charge in [-0.05, 0) is 58.5 Å². The number of aliphatic hydroxyl groups excluding tert-OH is 1. The Hall–Kier alpha value is -4.02. The molecule has 1 aliphatic rings. The number of aliphatic hydroxyl groups is 1. The van der Waals surface area contributed by atoms with Crippen LogP contribution in [-0.4, -0.2) is 38.9 Å². The van der Waals surface area contributed by atoms with Crippen LogP contribution in [0.25, 0.3) is 11.1 Å². The Labute approximate surface area is 261 Å². The fourth-order valence-corrected chi connectivity index (χ4v) is 5.93. The average Bonchev–Trinajstić information content (AvgIpc) is 3.07. The van der Waals surface area contributed by atoms with E-state index in [4.69, 9.17) is 14.6 Å². The van der Waals surface area contributed by atoms with Crippen LogP contribution < -0.4 is 5.32 Å². The minimum atomic E-state index is -0.900. The SMILES string of the molecule is O=C(O)CCCC(=O)NCc1cccc(-c2cccc(C3OC(CSc4ccccn4)CC(c4ccc(CO)cc4)O3)c2)c1. The standard InChI is InChI=1S/C35H36N2O6S/c38-22-24-13-15-26(16-14-24)31-20-30(23-44-33-11-1-2-17-36-33)42-35(43-31)29-9-4-8-28(19-29)27-7-3-6-25(18-27)21-37-32(39)10-5-12-34(40)41/h1-4,6-9,11,13-19,30-31,35,38H,5,10,12,20-23H2,(H,37,39)(H,40,41). The van der Waals surface area contributed by atoms with Gasteiger partial charge in [-0.2, -0.15) is 0 Å². The zero-order chi connectivity index (χ0) is 30.7. The predicted octanol–water partition coefficient (Wildman–Crippen LogP) is 6.45. The van der Waals surface area contributed by atoms with Crippen molar-refractivity contribution in [2.24, 2.45) is 0 Å². The van der Waals surface area contributed by atoms with Gasteiger partial charge in [0.25, 0.3) is 0 Å². The van der Waals surface area contributed by atoms with E-state index in [0.29, 0.717) is 19.4 Å². The van der Waals surface area contributed by atoms with E-state index in [1.54, 1.807) is 18.0 Å². The van der Waals surface area contributed by atoms with Crippen LogP contribution in [0, 0.1) is 0 Å². The molecule has 3 aromatic carbocycles. The molecule has 0 spiro atoms. The molecular formula is C35H36N2O6S. The normalized spacial score (nSPS) is 18.1. The number of aliphatic carboxylic acids is 1. The molecular weight excluding hydrogens is 576 g/mol. The van der Waals surface area contributed by atoms with Crippen molar-refractivity contribution in [2.45, 2.75) is 62.4 Å². The van der Waals surface area contributed by atoms with E-state index >= 15 is 0 Å².